The lowest BCUT2D eigenvalue weighted by Gasteiger charge is -2.19. The summed E-state index contributed by atoms with van der Waals surface area (Å²) in [6, 6.07) is 11.5. The molecule has 2 amide bonds. The van der Waals surface area contributed by atoms with Gasteiger partial charge in [-0.15, -0.1) is 0 Å². The second kappa shape index (κ2) is 9.20. The minimum absolute atomic E-state index is 0.0356. The van der Waals surface area contributed by atoms with E-state index in [4.69, 9.17) is 4.74 Å². The highest BCUT2D eigenvalue weighted by atomic mass is 19.4. The fourth-order valence-electron chi connectivity index (χ4n) is 3.40. The minimum atomic E-state index is -4.54. The zero-order valence-electron chi connectivity index (χ0n) is 16.7. The highest BCUT2D eigenvalue weighted by molar-refractivity contribution is 6.00. The van der Waals surface area contributed by atoms with E-state index < -0.39 is 36.1 Å². The molecule has 1 aliphatic heterocycles. The van der Waals surface area contributed by atoms with Gasteiger partial charge in [-0.2, -0.15) is 13.2 Å². The van der Waals surface area contributed by atoms with E-state index >= 15 is 0 Å². The summed E-state index contributed by atoms with van der Waals surface area (Å²) >= 11 is 0. The Bertz CT molecular complexity index is 991. The molecule has 2 aromatic carbocycles. The van der Waals surface area contributed by atoms with Crippen LogP contribution in [-0.4, -0.2) is 30.9 Å². The number of hydrogen-bond donors (Lipinski definition) is 1. The number of ether oxygens (including phenoxy) is 1. The first-order chi connectivity index (χ1) is 14.7. The summed E-state index contributed by atoms with van der Waals surface area (Å²) in [5.74, 6) is -2.41. The van der Waals surface area contributed by atoms with E-state index in [9.17, 15) is 27.6 Å². The Balaban J connectivity index is 1.55. The van der Waals surface area contributed by atoms with Crippen molar-refractivity contribution in [2.75, 3.05) is 23.4 Å². The second-order valence-electron chi connectivity index (χ2n) is 7.12. The molecule has 2 aromatic rings. The molecule has 0 bridgehead atoms. The fraction of sp³-hybridized carbons (Fsp3) is 0.318. The van der Waals surface area contributed by atoms with Gasteiger partial charge in [-0.3, -0.25) is 14.4 Å². The molecule has 31 heavy (non-hydrogen) atoms. The Kier molecular flexibility index (Phi) is 6.62. The van der Waals surface area contributed by atoms with Crippen LogP contribution in [0.4, 0.5) is 24.5 Å². The Labute approximate surface area is 177 Å². The Hall–Kier alpha value is -3.36. The molecule has 0 aliphatic carbocycles. The highest BCUT2D eigenvalue weighted by Gasteiger charge is 2.37. The third kappa shape index (κ3) is 5.42. The highest BCUT2D eigenvalue weighted by Crippen LogP contribution is 2.31. The summed E-state index contributed by atoms with van der Waals surface area (Å²) in [4.78, 5) is 38.2. The van der Waals surface area contributed by atoms with Gasteiger partial charge < -0.3 is 15.0 Å². The van der Waals surface area contributed by atoms with Crippen molar-refractivity contribution in [1.29, 1.82) is 0 Å². The van der Waals surface area contributed by atoms with Crippen molar-refractivity contribution >= 4 is 29.2 Å². The summed E-state index contributed by atoms with van der Waals surface area (Å²) in [5, 5.41) is 2.27. The van der Waals surface area contributed by atoms with Gasteiger partial charge in [0.1, 0.15) is 0 Å². The van der Waals surface area contributed by atoms with E-state index in [2.05, 4.69) is 5.32 Å². The molecule has 6 nitrogen and oxygen atoms in total. The van der Waals surface area contributed by atoms with Crippen LogP contribution in [0.15, 0.2) is 48.5 Å². The molecular formula is C22H21F3N2O4. The molecule has 1 N–H and O–H groups in total. The largest absolute Gasteiger partial charge is 0.455 e. The molecule has 1 heterocycles. The molecule has 3 rings (SSSR count). The van der Waals surface area contributed by atoms with Gasteiger partial charge in [-0.05, 0) is 36.2 Å². The van der Waals surface area contributed by atoms with Crippen molar-refractivity contribution in [3.05, 3.63) is 59.7 Å². The van der Waals surface area contributed by atoms with Crippen LogP contribution in [0.5, 0.6) is 0 Å². The smallest absolute Gasteiger partial charge is 0.416 e. The number of nitrogens with one attached hydrogen (secondary N) is 1. The number of para-hydroxylation sites is 1. The van der Waals surface area contributed by atoms with Crippen LogP contribution < -0.4 is 10.2 Å². The molecular weight excluding hydrogens is 413 g/mol. The first kappa shape index (κ1) is 22.3. The number of rotatable bonds is 6. The normalized spacial score (nSPS) is 16.3. The number of nitrogens with zero attached hydrogens (tertiary/aromatic N) is 1. The number of alkyl halides is 3. The minimum Gasteiger partial charge on any atom is -0.455 e. The van der Waals surface area contributed by atoms with Gasteiger partial charge >= 0.3 is 12.1 Å². The van der Waals surface area contributed by atoms with Crippen LogP contribution in [0.25, 0.3) is 0 Å². The Morgan fingerprint density at radius 1 is 1.16 bits per heavy atom. The van der Waals surface area contributed by atoms with E-state index in [0.29, 0.717) is 0 Å². The molecule has 164 valence electrons. The van der Waals surface area contributed by atoms with E-state index in [0.717, 1.165) is 35.9 Å². The van der Waals surface area contributed by atoms with Gasteiger partial charge in [0.05, 0.1) is 11.5 Å². The van der Waals surface area contributed by atoms with Crippen molar-refractivity contribution in [3.63, 3.8) is 0 Å². The Morgan fingerprint density at radius 3 is 2.61 bits per heavy atom. The number of esters is 1. The van der Waals surface area contributed by atoms with E-state index in [1.807, 2.05) is 31.2 Å². The van der Waals surface area contributed by atoms with Gasteiger partial charge in [-0.1, -0.05) is 31.2 Å². The van der Waals surface area contributed by atoms with Gasteiger partial charge in [0.2, 0.25) is 5.91 Å². The van der Waals surface area contributed by atoms with Crippen LogP contribution in [0.1, 0.15) is 24.5 Å². The van der Waals surface area contributed by atoms with Crippen LogP contribution in [-0.2, 0) is 31.7 Å². The molecule has 9 heteroatoms. The summed E-state index contributed by atoms with van der Waals surface area (Å²) in [5.41, 5.74) is 0.756. The van der Waals surface area contributed by atoms with E-state index in [-0.39, 0.29) is 24.6 Å². The lowest BCUT2D eigenvalue weighted by Crippen LogP contribution is -2.28. The van der Waals surface area contributed by atoms with Gasteiger partial charge in [0, 0.05) is 24.3 Å². The SMILES string of the molecule is CCc1ccccc1N1C[C@@H](C(=O)OCC(=O)Nc2cccc(C(F)(F)F)c2)CC1=O. The molecule has 1 fully saturated rings. The van der Waals surface area contributed by atoms with Crippen molar-refractivity contribution in [3.8, 4) is 0 Å². The van der Waals surface area contributed by atoms with Crippen LogP contribution in [0, 0.1) is 5.92 Å². The first-order valence-electron chi connectivity index (χ1n) is 9.71. The standard InChI is InChI=1S/C22H21F3N2O4/c1-2-14-6-3-4-9-18(14)27-12-15(10-20(27)29)21(30)31-13-19(28)26-17-8-5-7-16(11-17)22(23,24)25/h3-9,11,15H,2,10,12-13H2,1H3,(H,26,28)/t15-/m0/s1. The third-order valence-electron chi connectivity index (χ3n) is 4.94. The van der Waals surface area contributed by atoms with Crippen molar-refractivity contribution in [1.82, 2.24) is 0 Å². The number of benzene rings is 2. The van der Waals surface area contributed by atoms with Crippen molar-refractivity contribution in [2.24, 2.45) is 5.92 Å². The molecule has 0 unspecified atom stereocenters. The van der Waals surface area contributed by atoms with Crippen LogP contribution in [0.3, 0.4) is 0 Å². The third-order valence-corrected chi connectivity index (χ3v) is 4.94. The average Bonchev–Trinajstić information content (AvgIpc) is 3.13. The molecule has 0 saturated carbocycles. The molecule has 1 saturated heterocycles. The number of amides is 2. The maximum Gasteiger partial charge on any atom is 0.416 e. The quantitative estimate of drug-likeness (QED) is 0.702. The number of hydrogen-bond acceptors (Lipinski definition) is 4. The van der Waals surface area contributed by atoms with E-state index in [1.165, 1.54) is 11.0 Å². The monoisotopic (exact) mass is 434 g/mol. The zero-order valence-corrected chi connectivity index (χ0v) is 16.7. The van der Waals surface area contributed by atoms with Crippen molar-refractivity contribution in [2.45, 2.75) is 25.9 Å². The second-order valence-corrected chi connectivity index (χ2v) is 7.12. The molecule has 0 aromatic heterocycles. The summed E-state index contributed by atoms with van der Waals surface area (Å²) in [6.45, 7) is 1.45. The number of aryl methyl sites for hydroxylation is 1. The first-order valence-corrected chi connectivity index (χ1v) is 9.71. The van der Waals surface area contributed by atoms with Gasteiger partial charge in [-0.25, -0.2) is 0 Å². The van der Waals surface area contributed by atoms with E-state index in [1.54, 1.807) is 0 Å². The zero-order chi connectivity index (χ0) is 22.6. The lowest BCUT2D eigenvalue weighted by molar-refractivity contribution is -0.151. The predicted octanol–water partition coefficient (Wildman–Crippen LogP) is 3.80. The van der Waals surface area contributed by atoms with Crippen LogP contribution in [0.2, 0.25) is 0 Å². The lowest BCUT2D eigenvalue weighted by atomic mass is 10.1. The predicted molar refractivity (Wildman–Crippen MR) is 107 cm³/mol. The van der Waals surface area contributed by atoms with Crippen LogP contribution >= 0.6 is 0 Å². The summed E-state index contributed by atoms with van der Waals surface area (Å²) in [7, 11) is 0. The van der Waals surface area contributed by atoms with Crippen molar-refractivity contribution < 1.29 is 32.3 Å². The summed E-state index contributed by atoms with van der Waals surface area (Å²) in [6.07, 6.45) is -3.85. The number of carbonyl (C=O) groups excluding carboxylic acids is 3. The maximum absolute atomic E-state index is 12.8. The van der Waals surface area contributed by atoms with Gasteiger partial charge in [0.25, 0.3) is 5.91 Å². The molecule has 0 radical (unpaired) electrons. The molecule has 1 aliphatic rings. The average molecular weight is 434 g/mol. The molecule has 0 spiro atoms. The number of anilines is 2. The number of carbonyl (C=O) groups is 3. The Morgan fingerprint density at radius 2 is 1.90 bits per heavy atom. The topological polar surface area (TPSA) is 75.7 Å². The van der Waals surface area contributed by atoms with Gasteiger partial charge in [0.15, 0.2) is 6.61 Å². The maximum atomic E-state index is 12.8. The number of halogens is 3. The molecule has 1 atom stereocenters. The summed E-state index contributed by atoms with van der Waals surface area (Å²) < 4.78 is 43.3. The fourth-order valence-corrected chi connectivity index (χ4v) is 3.40.